The monoisotopic (exact) mass is 332 g/mol. The summed E-state index contributed by atoms with van der Waals surface area (Å²) in [6, 6.07) is 8.47. The summed E-state index contributed by atoms with van der Waals surface area (Å²) < 4.78 is 30.9. The fraction of sp³-hybridized carbons (Fsp3) is 0.125. The molecule has 0 aliphatic rings. The third-order valence-corrected chi connectivity index (χ3v) is 4.05. The average Bonchev–Trinajstić information content (AvgIpc) is 2.51. The predicted molar refractivity (Wildman–Crippen MR) is 88.1 cm³/mol. The van der Waals surface area contributed by atoms with Crippen molar-refractivity contribution in [3.63, 3.8) is 0 Å². The molecule has 0 unspecified atom stereocenters. The van der Waals surface area contributed by atoms with E-state index in [4.69, 9.17) is 4.55 Å². The lowest BCUT2D eigenvalue weighted by atomic mass is 10.2. The smallest absolute Gasteiger partial charge is 0.294 e. The lowest BCUT2D eigenvalue weighted by Gasteiger charge is -2.00. The number of aromatic hydroxyl groups is 1. The minimum absolute atomic E-state index is 0.0828. The number of nitrogens with zero attached hydrogens (tertiary/aromatic N) is 2. The molecule has 23 heavy (non-hydrogen) atoms. The van der Waals surface area contributed by atoms with Gasteiger partial charge in [-0.3, -0.25) is 4.55 Å². The molecule has 2 N–H and O–H groups in total. The number of phenols is 1. The van der Waals surface area contributed by atoms with Crippen LogP contribution in [0.1, 0.15) is 13.8 Å². The van der Waals surface area contributed by atoms with Gasteiger partial charge in [-0.05, 0) is 49.4 Å². The van der Waals surface area contributed by atoms with Crippen LogP contribution < -0.4 is 10.4 Å². The molecule has 120 valence electrons. The summed E-state index contributed by atoms with van der Waals surface area (Å²) in [5.41, 5.74) is 0.921. The van der Waals surface area contributed by atoms with E-state index in [1.807, 2.05) is 26.0 Å². The SMILES string of the molecule is C/C=c1/cc(O)cc(/N=N/c2ccc(S(=O)(=O)O)cc2)/c1=C/C. The zero-order valence-corrected chi connectivity index (χ0v) is 13.4. The molecule has 0 atom stereocenters. The highest BCUT2D eigenvalue weighted by molar-refractivity contribution is 7.85. The molecule has 2 rings (SSSR count). The summed E-state index contributed by atoms with van der Waals surface area (Å²) in [6.07, 6.45) is 3.72. The summed E-state index contributed by atoms with van der Waals surface area (Å²) >= 11 is 0. The third-order valence-electron chi connectivity index (χ3n) is 3.18. The first kappa shape index (κ1) is 16.9. The third kappa shape index (κ3) is 4.02. The van der Waals surface area contributed by atoms with Crippen molar-refractivity contribution in [2.24, 2.45) is 10.2 Å². The summed E-state index contributed by atoms with van der Waals surface area (Å²) in [5, 5.41) is 19.5. The molecule has 0 radical (unpaired) electrons. The van der Waals surface area contributed by atoms with Crippen molar-refractivity contribution in [1.82, 2.24) is 0 Å². The van der Waals surface area contributed by atoms with Crippen LogP contribution in [0.2, 0.25) is 0 Å². The summed E-state index contributed by atoms with van der Waals surface area (Å²) in [7, 11) is -4.23. The number of hydrogen-bond donors (Lipinski definition) is 2. The van der Waals surface area contributed by atoms with Gasteiger partial charge in [0, 0.05) is 11.3 Å². The zero-order chi connectivity index (χ0) is 17.0. The van der Waals surface area contributed by atoms with Crippen molar-refractivity contribution >= 4 is 33.6 Å². The Hall–Kier alpha value is -2.51. The lowest BCUT2D eigenvalue weighted by molar-refractivity contribution is 0.474. The van der Waals surface area contributed by atoms with Gasteiger partial charge in [-0.25, -0.2) is 0 Å². The van der Waals surface area contributed by atoms with Crippen molar-refractivity contribution in [1.29, 1.82) is 0 Å². The molecule has 0 bridgehead atoms. The van der Waals surface area contributed by atoms with E-state index in [0.29, 0.717) is 11.4 Å². The first-order valence-electron chi connectivity index (χ1n) is 6.80. The Labute approximate surface area is 133 Å². The molecule has 7 heteroatoms. The van der Waals surface area contributed by atoms with Crippen molar-refractivity contribution in [3.05, 3.63) is 46.8 Å². The van der Waals surface area contributed by atoms with E-state index in [2.05, 4.69) is 10.2 Å². The van der Waals surface area contributed by atoms with Crippen molar-refractivity contribution in [2.45, 2.75) is 18.7 Å². The van der Waals surface area contributed by atoms with Gasteiger partial charge in [0.05, 0.1) is 16.3 Å². The number of hydrogen-bond acceptors (Lipinski definition) is 5. The van der Waals surface area contributed by atoms with Crippen LogP contribution in [-0.2, 0) is 10.1 Å². The second kappa shape index (κ2) is 6.72. The Morgan fingerprint density at radius 1 is 1.00 bits per heavy atom. The molecule has 0 saturated heterocycles. The van der Waals surface area contributed by atoms with Crippen molar-refractivity contribution in [3.8, 4) is 5.75 Å². The maximum Gasteiger partial charge on any atom is 0.294 e. The Bertz CT molecular complexity index is 962. The van der Waals surface area contributed by atoms with Gasteiger partial charge < -0.3 is 5.11 Å². The molecule has 0 aliphatic carbocycles. The minimum Gasteiger partial charge on any atom is -0.508 e. The Balaban J connectivity index is 2.44. The van der Waals surface area contributed by atoms with Gasteiger partial charge in [-0.15, -0.1) is 5.11 Å². The molecular weight excluding hydrogens is 316 g/mol. The van der Waals surface area contributed by atoms with Gasteiger partial charge >= 0.3 is 0 Å². The van der Waals surface area contributed by atoms with Gasteiger partial charge in [0.1, 0.15) is 5.75 Å². The number of phenolic OH excluding ortho intramolecular Hbond substituents is 1. The largest absolute Gasteiger partial charge is 0.508 e. The Morgan fingerprint density at radius 3 is 2.17 bits per heavy atom. The summed E-state index contributed by atoms with van der Waals surface area (Å²) in [5.74, 6) is 0.0828. The number of azo groups is 1. The Kier molecular flexibility index (Phi) is 4.92. The van der Waals surface area contributed by atoms with E-state index >= 15 is 0 Å². The van der Waals surface area contributed by atoms with Crippen LogP contribution in [0.15, 0.2) is 51.5 Å². The highest BCUT2D eigenvalue weighted by Gasteiger charge is 2.08. The lowest BCUT2D eigenvalue weighted by Crippen LogP contribution is -2.23. The molecule has 0 fully saturated rings. The molecule has 0 amide bonds. The maximum absolute atomic E-state index is 11.0. The zero-order valence-electron chi connectivity index (χ0n) is 12.6. The molecule has 0 saturated carbocycles. The second-order valence-electron chi connectivity index (χ2n) is 4.71. The van der Waals surface area contributed by atoms with Crippen LogP contribution in [0.5, 0.6) is 5.75 Å². The molecule has 0 aromatic heterocycles. The fourth-order valence-corrected chi connectivity index (χ4v) is 2.56. The van der Waals surface area contributed by atoms with E-state index in [-0.39, 0.29) is 10.6 Å². The highest BCUT2D eigenvalue weighted by Crippen LogP contribution is 2.19. The van der Waals surface area contributed by atoms with Crippen LogP contribution in [0.3, 0.4) is 0 Å². The molecular formula is C16H16N2O4S. The van der Waals surface area contributed by atoms with Gasteiger partial charge in [-0.1, -0.05) is 12.2 Å². The second-order valence-corrected chi connectivity index (χ2v) is 6.14. The Morgan fingerprint density at radius 2 is 1.65 bits per heavy atom. The van der Waals surface area contributed by atoms with Gasteiger partial charge in [0.25, 0.3) is 10.1 Å². The first-order chi connectivity index (χ1) is 10.8. The normalized spacial score (nSPS) is 13.9. The van der Waals surface area contributed by atoms with Crippen molar-refractivity contribution < 1.29 is 18.1 Å². The predicted octanol–water partition coefficient (Wildman–Crippen LogP) is 2.66. The standard InChI is InChI=1S/C16H16N2O4S/c1-3-11-9-13(19)10-16(15(11)4-2)18-17-12-5-7-14(8-6-12)23(20,21)22/h3-10,19H,1-2H3,(H,20,21,22)/b11-3-,15-4+,18-17+. The van der Waals surface area contributed by atoms with Crippen LogP contribution in [0.4, 0.5) is 11.4 Å². The van der Waals surface area contributed by atoms with Gasteiger partial charge in [0.15, 0.2) is 0 Å². The van der Waals surface area contributed by atoms with Crippen LogP contribution in [0.25, 0.3) is 12.2 Å². The quantitative estimate of drug-likeness (QED) is 0.666. The van der Waals surface area contributed by atoms with Crippen LogP contribution in [0, 0.1) is 0 Å². The maximum atomic E-state index is 11.0. The topological polar surface area (TPSA) is 99.3 Å². The van der Waals surface area contributed by atoms with E-state index in [9.17, 15) is 13.5 Å². The summed E-state index contributed by atoms with van der Waals surface area (Å²) in [6.45, 7) is 3.72. The fourth-order valence-electron chi connectivity index (χ4n) is 2.08. The van der Waals surface area contributed by atoms with Gasteiger partial charge in [-0.2, -0.15) is 13.5 Å². The van der Waals surface area contributed by atoms with Gasteiger partial charge in [0.2, 0.25) is 0 Å². The summed E-state index contributed by atoms with van der Waals surface area (Å²) in [4.78, 5) is -0.209. The van der Waals surface area contributed by atoms with E-state index in [0.717, 1.165) is 10.4 Å². The van der Waals surface area contributed by atoms with E-state index in [1.165, 1.54) is 30.3 Å². The first-order valence-corrected chi connectivity index (χ1v) is 8.24. The number of benzene rings is 2. The average molecular weight is 332 g/mol. The number of rotatable bonds is 3. The molecule has 0 spiro atoms. The molecule has 6 nitrogen and oxygen atoms in total. The van der Waals surface area contributed by atoms with Crippen LogP contribution >= 0.6 is 0 Å². The highest BCUT2D eigenvalue weighted by atomic mass is 32.2. The van der Waals surface area contributed by atoms with E-state index in [1.54, 1.807) is 6.07 Å². The van der Waals surface area contributed by atoms with Crippen LogP contribution in [-0.4, -0.2) is 18.1 Å². The molecule has 0 aliphatic heterocycles. The van der Waals surface area contributed by atoms with E-state index < -0.39 is 10.1 Å². The van der Waals surface area contributed by atoms with Crippen molar-refractivity contribution in [2.75, 3.05) is 0 Å². The molecule has 2 aromatic carbocycles. The minimum atomic E-state index is -4.23. The molecule has 2 aromatic rings. The molecule has 0 heterocycles.